The lowest BCUT2D eigenvalue weighted by Gasteiger charge is -1.98. The third kappa shape index (κ3) is 6.72. The fraction of sp³-hybridized carbons (Fsp3) is 0.296. The summed E-state index contributed by atoms with van der Waals surface area (Å²) in [6.45, 7) is 16.3. The molecule has 0 saturated carbocycles. The molecule has 1 N–H and O–H groups in total. The molecule has 1 aromatic heterocycles. The minimum absolute atomic E-state index is 0.119. The first-order chi connectivity index (χ1) is 15.6. The highest BCUT2D eigenvalue weighted by Crippen LogP contribution is 2.34. The van der Waals surface area contributed by atoms with Gasteiger partial charge in [0.15, 0.2) is 0 Å². The highest BCUT2D eigenvalue weighted by molar-refractivity contribution is 7.21. The maximum Gasteiger partial charge on any atom is 0.143 e. The van der Waals surface area contributed by atoms with Crippen LogP contribution in [-0.4, -0.2) is 10.1 Å². The lowest BCUT2D eigenvalue weighted by molar-refractivity contribution is 0.476. The molecular weight excluding hydrogens is 414 g/mol. The average molecular weight is 450 g/mol. The van der Waals surface area contributed by atoms with Crippen LogP contribution < -0.4 is 0 Å². The van der Waals surface area contributed by atoms with Gasteiger partial charge in [-0.25, -0.2) is 4.98 Å². The van der Waals surface area contributed by atoms with Crippen molar-refractivity contribution in [1.29, 1.82) is 0 Å². The van der Waals surface area contributed by atoms with Crippen molar-refractivity contribution in [3.05, 3.63) is 71.8 Å². The van der Waals surface area contributed by atoms with Gasteiger partial charge >= 0.3 is 0 Å². The van der Waals surface area contributed by atoms with Crippen molar-refractivity contribution < 1.29 is 5.11 Å². The molecule has 1 heterocycles. The molecule has 0 fully saturated rings. The van der Waals surface area contributed by atoms with Crippen molar-refractivity contribution in [1.82, 2.24) is 4.98 Å². The number of thiazole rings is 1. The van der Waals surface area contributed by atoms with Gasteiger partial charge in [0.2, 0.25) is 0 Å². The van der Waals surface area contributed by atoms with Gasteiger partial charge in [-0.3, -0.25) is 0 Å². The summed E-state index contributed by atoms with van der Waals surface area (Å²) in [4.78, 5) is 4.75. The van der Waals surface area contributed by atoms with E-state index >= 15 is 0 Å². The number of rotatable bonds is 3. The van der Waals surface area contributed by atoms with Gasteiger partial charge in [0.05, 0.1) is 15.9 Å². The summed E-state index contributed by atoms with van der Waals surface area (Å²) >= 11 is 1.71. The monoisotopic (exact) mass is 449 g/mol. The van der Waals surface area contributed by atoms with Gasteiger partial charge < -0.3 is 5.11 Å². The van der Waals surface area contributed by atoms with E-state index < -0.39 is 0 Å². The molecule has 0 atom stereocenters. The normalized spacial score (nSPS) is 9.88. The Bertz CT molecular complexity index is 1120. The summed E-state index contributed by atoms with van der Waals surface area (Å²) in [7, 11) is 0. The predicted octanol–water partition coefficient (Wildman–Crippen LogP) is 9.78. The average Bonchev–Trinajstić information content (AvgIpc) is 3.30. The summed E-state index contributed by atoms with van der Waals surface area (Å²) < 4.78 is 1.24. The first-order valence-electron chi connectivity index (χ1n) is 11.3. The van der Waals surface area contributed by atoms with Crippen LogP contribution in [0.15, 0.2) is 70.9 Å². The lowest BCUT2D eigenvalue weighted by atomic mass is 10.1. The van der Waals surface area contributed by atoms with Crippen LogP contribution in [0.25, 0.3) is 20.8 Å². The maximum absolute atomic E-state index is 9.73. The van der Waals surface area contributed by atoms with Crippen molar-refractivity contribution >= 4 is 32.9 Å². The Balaban J connectivity index is 0.000000789. The highest BCUT2D eigenvalue weighted by atomic mass is 32.1. The van der Waals surface area contributed by atoms with E-state index in [9.17, 15) is 5.11 Å². The molecule has 3 aromatic carbocycles. The second-order valence-corrected chi connectivity index (χ2v) is 7.11. The van der Waals surface area contributed by atoms with Crippen LogP contribution in [0.2, 0.25) is 0 Å². The van der Waals surface area contributed by atoms with Gasteiger partial charge in [0.25, 0.3) is 0 Å². The number of azo groups is 1. The number of aromatic nitrogens is 1. The van der Waals surface area contributed by atoms with Crippen molar-refractivity contribution in [2.24, 2.45) is 10.2 Å². The second-order valence-electron chi connectivity index (χ2n) is 6.11. The van der Waals surface area contributed by atoms with Gasteiger partial charge in [0.1, 0.15) is 16.4 Å². The molecular formula is C27H35N3OS. The Morgan fingerprint density at radius 3 is 2.00 bits per heavy atom. The highest BCUT2D eigenvalue weighted by Gasteiger charge is 2.09. The van der Waals surface area contributed by atoms with E-state index in [1.807, 2.05) is 71.9 Å². The zero-order valence-electron chi connectivity index (χ0n) is 20.5. The third-order valence-electron chi connectivity index (χ3n) is 4.35. The Hall–Kier alpha value is -3.05. The summed E-state index contributed by atoms with van der Waals surface area (Å²) in [5.41, 5.74) is 5.85. The van der Waals surface area contributed by atoms with E-state index in [1.165, 1.54) is 15.8 Å². The van der Waals surface area contributed by atoms with E-state index in [2.05, 4.69) is 36.2 Å². The van der Waals surface area contributed by atoms with Crippen LogP contribution >= 0.6 is 11.3 Å². The number of para-hydroxylation sites is 1. The van der Waals surface area contributed by atoms with E-state index in [-0.39, 0.29) is 5.75 Å². The number of hydrogen-bond donors (Lipinski definition) is 1. The number of aryl methyl sites for hydroxylation is 2. The Labute approximate surface area is 196 Å². The van der Waals surface area contributed by atoms with Crippen molar-refractivity contribution in [3.63, 3.8) is 0 Å². The van der Waals surface area contributed by atoms with Crippen molar-refractivity contribution in [3.8, 4) is 16.3 Å². The summed E-state index contributed by atoms with van der Waals surface area (Å²) in [6.07, 6.45) is 0. The molecule has 0 unspecified atom stereocenters. The first kappa shape index (κ1) is 27.0. The number of nitrogens with zero attached hydrogens (tertiary/aromatic N) is 3. The molecule has 5 heteroatoms. The zero-order valence-corrected chi connectivity index (χ0v) is 21.3. The van der Waals surface area contributed by atoms with E-state index in [1.54, 1.807) is 29.5 Å². The number of hydrogen-bond acceptors (Lipinski definition) is 5. The van der Waals surface area contributed by atoms with Crippen LogP contribution in [0.1, 0.15) is 52.7 Å². The molecule has 0 amide bonds. The largest absolute Gasteiger partial charge is 0.506 e. The van der Waals surface area contributed by atoms with E-state index in [0.29, 0.717) is 5.69 Å². The summed E-state index contributed by atoms with van der Waals surface area (Å²) in [6, 6.07) is 18.9. The Morgan fingerprint density at radius 2 is 1.38 bits per heavy atom. The van der Waals surface area contributed by atoms with E-state index in [0.717, 1.165) is 21.8 Å². The van der Waals surface area contributed by atoms with Gasteiger partial charge in [-0.2, -0.15) is 5.11 Å². The zero-order chi connectivity index (χ0) is 24.1. The minimum Gasteiger partial charge on any atom is -0.506 e. The molecule has 170 valence electrons. The minimum atomic E-state index is 0.119. The predicted molar refractivity (Wildman–Crippen MR) is 141 cm³/mol. The van der Waals surface area contributed by atoms with Crippen molar-refractivity contribution in [2.45, 2.75) is 55.4 Å². The number of benzene rings is 3. The number of phenolic OH excluding ortho intramolecular Hbond substituents is 1. The SMILES string of the molecule is CC.CC.CC.Cc1ccc2nc(-c3ccc(N=Nc4ccccc4O)cc3)sc2c1C. The maximum atomic E-state index is 9.73. The van der Waals surface area contributed by atoms with Crippen LogP contribution in [0, 0.1) is 13.8 Å². The molecule has 0 aliphatic heterocycles. The quantitative estimate of drug-likeness (QED) is 0.316. The van der Waals surface area contributed by atoms with Crippen LogP contribution in [-0.2, 0) is 0 Å². The molecule has 4 nitrogen and oxygen atoms in total. The molecule has 0 saturated heterocycles. The lowest BCUT2D eigenvalue weighted by Crippen LogP contribution is -1.79. The number of phenols is 1. The van der Waals surface area contributed by atoms with Gasteiger partial charge in [0, 0.05) is 5.56 Å². The molecule has 32 heavy (non-hydrogen) atoms. The molecule has 0 bridgehead atoms. The molecule has 4 rings (SSSR count). The third-order valence-corrected chi connectivity index (χ3v) is 5.59. The molecule has 0 aliphatic rings. The Morgan fingerprint density at radius 1 is 0.750 bits per heavy atom. The standard InChI is InChI=1S/C21H17N3OS.3C2H6/c1-13-7-12-18-20(14(13)2)26-21(22-18)15-8-10-16(11-9-15)23-24-17-5-3-4-6-19(17)25;3*1-2/h3-12,25H,1-2H3;3*1-2H3. The number of fused-ring (bicyclic) bond motifs is 1. The van der Waals surface area contributed by atoms with Gasteiger partial charge in [-0.05, 0) is 67.4 Å². The summed E-state index contributed by atoms with van der Waals surface area (Å²) in [5, 5.41) is 19.0. The van der Waals surface area contributed by atoms with Gasteiger partial charge in [-0.1, -0.05) is 59.7 Å². The molecule has 0 radical (unpaired) electrons. The smallest absolute Gasteiger partial charge is 0.143 e. The number of aromatic hydroxyl groups is 1. The fourth-order valence-corrected chi connectivity index (χ4v) is 3.80. The molecule has 0 aliphatic carbocycles. The topological polar surface area (TPSA) is 57.8 Å². The van der Waals surface area contributed by atoms with Crippen LogP contribution in [0.3, 0.4) is 0 Å². The van der Waals surface area contributed by atoms with E-state index in [4.69, 9.17) is 4.98 Å². The fourth-order valence-electron chi connectivity index (χ4n) is 2.68. The summed E-state index contributed by atoms with van der Waals surface area (Å²) in [5.74, 6) is 0.119. The van der Waals surface area contributed by atoms with Gasteiger partial charge in [-0.15, -0.1) is 16.5 Å². The molecule has 4 aromatic rings. The Kier molecular flexibility index (Phi) is 11.9. The first-order valence-corrected chi connectivity index (χ1v) is 12.1. The van der Waals surface area contributed by atoms with Crippen LogP contribution in [0.4, 0.5) is 11.4 Å². The van der Waals surface area contributed by atoms with Crippen molar-refractivity contribution in [2.75, 3.05) is 0 Å². The molecule has 0 spiro atoms. The second kappa shape index (κ2) is 14.1. The van der Waals surface area contributed by atoms with Crippen LogP contribution in [0.5, 0.6) is 5.75 Å².